The first-order valence-corrected chi connectivity index (χ1v) is 8.72. The first kappa shape index (κ1) is 19.5. The summed E-state index contributed by atoms with van der Waals surface area (Å²) in [4.78, 5) is 12.1. The predicted molar refractivity (Wildman–Crippen MR) is 103 cm³/mol. The van der Waals surface area contributed by atoms with Gasteiger partial charge >= 0.3 is 6.18 Å². The number of anilines is 2. The van der Waals surface area contributed by atoms with Gasteiger partial charge in [-0.15, -0.1) is 0 Å². The first-order chi connectivity index (χ1) is 13.3. The van der Waals surface area contributed by atoms with Gasteiger partial charge in [0.1, 0.15) is 6.54 Å². The summed E-state index contributed by atoms with van der Waals surface area (Å²) in [6.45, 7) is 2.52. The lowest BCUT2D eigenvalue weighted by Gasteiger charge is -2.13. The van der Waals surface area contributed by atoms with Crippen molar-refractivity contribution < 1.29 is 18.0 Å². The third-order valence-electron chi connectivity index (χ3n) is 4.27. The van der Waals surface area contributed by atoms with Crippen LogP contribution in [-0.2, 0) is 24.1 Å². The molecule has 0 saturated carbocycles. The number of aromatic nitrogens is 1. The highest BCUT2D eigenvalue weighted by Crippen LogP contribution is 2.29. The highest BCUT2D eigenvalue weighted by Gasteiger charge is 2.29. The molecule has 28 heavy (non-hydrogen) atoms. The average Bonchev–Trinajstić information content (AvgIpc) is 3.14. The van der Waals surface area contributed by atoms with Crippen LogP contribution in [0.15, 0.2) is 67.0 Å². The van der Waals surface area contributed by atoms with Crippen LogP contribution < -0.4 is 10.6 Å². The molecule has 2 aromatic carbocycles. The molecule has 3 rings (SSSR count). The minimum Gasteiger partial charge on any atom is -0.381 e. The van der Waals surface area contributed by atoms with Crippen molar-refractivity contribution in [3.8, 4) is 0 Å². The van der Waals surface area contributed by atoms with Crippen molar-refractivity contribution in [1.29, 1.82) is 0 Å². The molecule has 0 aliphatic rings. The van der Waals surface area contributed by atoms with Gasteiger partial charge in [0.15, 0.2) is 0 Å². The van der Waals surface area contributed by atoms with E-state index in [1.54, 1.807) is 10.6 Å². The summed E-state index contributed by atoms with van der Waals surface area (Å²) in [5.74, 6) is -0.121. The number of nitrogens with one attached hydrogen (secondary N) is 2. The van der Waals surface area contributed by atoms with E-state index in [2.05, 4.69) is 10.6 Å². The van der Waals surface area contributed by atoms with Gasteiger partial charge in [-0.3, -0.25) is 4.79 Å². The van der Waals surface area contributed by atoms with Gasteiger partial charge in [-0.25, -0.2) is 0 Å². The van der Waals surface area contributed by atoms with Gasteiger partial charge in [-0.05, 0) is 60.5 Å². The Morgan fingerprint density at radius 1 is 1.04 bits per heavy atom. The zero-order chi connectivity index (χ0) is 20.1. The van der Waals surface area contributed by atoms with Gasteiger partial charge in [-0.2, -0.15) is 13.2 Å². The van der Waals surface area contributed by atoms with Crippen molar-refractivity contribution in [2.75, 3.05) is 10.6 Å². The Labute approximate surface area is 161 Å². The fraction of sp³-hybridized carbons (Fsp3) is 0.190. The average molecular weight is 387 g/mol. The molecule has 3 aromatic rings. The van der Waals surface area contributed by atoms with Crippen LogP contribution in [0, 0.1) is 6.92 Å². The Kier molecular flexibility index (Phi) is 5.73. The summed E-state index contributed by atoms with van der Waals surface area (Å²) in [5.41, 5.74) is 2.51. The van der Waals surface area contributed by atoms with Crippen molar-refractivity contribution in [1.82, 2.24) is 4.57 Å². The SMILES string of the molecule is Cc1cc(NCc2ccc(C(F)(F)F)cc2)ccc1NC(=O)Cn1cccc1. The number of alkyl halides is 3. The lowest BCUT2D eigenvalue weighted by molar-refractivity contribution is -0.137. The number of carbonyl (C=O) groups is 1. The number of hydrogen-bond acceptors (Lipinski definition) is 2. The molecular weight excluding hydrogens is 367 g/mol. The second-order valence-corrected chi connectivity index (χ2v) is 6.48. The van der Waals surface area contributed by atoms with Crippen molar-refractivity contribution in [3.05, 3.63) is 83.7 Å². The minimum atomic E-state index is -4.33. The van der Waals surface area contributed by atoms with Crippen molar-refractivity contribution in [3.63, 3.8) is 0 Å². The third-order valence-corrected chi connectivity index (χ3v) is 4.27. The summed E-state index contributed by atoms with van der Waals surface area (Å²) in [5, 5.41) is 6.05. The van der Waals surface area contributed by atoms with Gasteiger partial charge in [0.2, 0.25) is 5.91 Å². The number of hydrogen-bond donors (Lipinski definition) is 2. The second kappa shape index (κ2) is 8.21. The third kappa shape index (κ3) is 5.16. The Morgan fingerprint density at radius 3 is 2.32 bits per heavy atom. The molecule has 146 valence electrons. The van der Waals surface area contributed by atoms with Crippen LogP contribution in [0.25, 0.3) is 0 Å². The standard InChI is InChI=1S/C21H20F3N3O/c1-15-12-18(25-13-16-4-6-17(7-5-16)21(22,23)24)8-9-19(15)26-20(28)14-27-10-2-3-11-27/h2-12,25H,13-14H2,1H3,(H,26,28). The maximum atomic E-state index is 12.6. The monoisotopic (exact) mass is 387 g/mol. The van der Waals surface area contributed by atoms with Crippen LogP contribution in [0.1, 0.15) is 16.7 Å². The second-order valence-electron chi connectivity index (χ2n) is 6.48. The Bertz CT molecular complexity index is 933. The molecule has 0 unspecified atom stereocenters. The summed E-state index contributed by atoms with van der Waals surface area (Å²) in [6.07, 6.45) is -0.688. The van der Waals surface area contributed by atoms with Crippen LogP contribution in [0.2, 0.25) is 0 Å². The molecule has 0 radical (unpaired) electrons. The van der Waals surface area contributed by atoms with Gasteiger partial charge in [0, 0.05) is 30.3 Å². The fourth-order valence-electron chi connectivity index (χ4n) is 2.76. The molecule has 2 N–H and O–H groups in total. The molecule has 0 saturated heterocycles. The van der Waals surface area contributed by atoms with Crippen molar-refractivity contribution in [2.24, 2.45) is 0 Å². The molecule has 0 spiro atoms. The number of rotatable bonds is 6. The quantitative estimate of drug-likeness (QED) is 0.621. The molecule has 4 nitrogen and oxygen atoms in total. The van der Waals surface area contributed by atoms with Crippen molar-refractivity contribution in [2.45, 2.75) is 26.2 Å². The number of aryl methyl sites for hydroxylation is 1. The number of nitrogens with zero attached hydrogens (tertiary/aromatic N) is 1. The van der Waals surface area contributed by atoms with E-state index in [0.29, 0.717) is 6.54 Å². The maximum absolute atomic E-state index is 12.6. The van der Waals surface area contributed by atoms with E-state index in [1.165, 1.54) is 12.1 Å². The first-order valence-electron chi connectivity index (χ1n) is 8.72. The summed E-state index contributed by atoms with van der Waals surface area (Å²) in [7, 11) is 0. The number of benzene rings is 2. The zero-order valence-corrected chi connectivity index (χ0v) is 15.3. The summed E-state index contributed by atoms with van der Waals surface area (Å²) >= 11 is 0. The van der Waals surface area contributed by atoms with E-state index < -0.39 is 11.7 Å². The normalized spacial score (nSPS) is 11.3. The molecular formula is C21H20F3N3O. The molecule has 0 aliphatic carbocycles. The summed E-state index contributed by atoms with van der Waals surface area (Å²) in [6, 6.07) is 14.3. The molecule has 7 heteroatoms. The predicted octanol–water partition coefficient (Wildman–Crippen LogP) is 5.07. The van der Waals surface area contributed by atoms with Gasteiger partial charge in [0.05, 0.1) is 5.56 Å². The van der Waals surface area contributed by atoms with E-state index >= 15 is 0 Å². The number of halogens is 3. The summed E-state index contributed by atoms with van der Waals surface area (Å²) < 4.78 is 39.6. The van der Waals surface area contributed by atoms with Crippen molar-refractivity contribution >= 4 is 17.3 Å². The van der Waals surface area contributed by atoms with Crippen LogP contribution in [-0.4, -0.2) is 10.5 Å². The zero-order valence-electron chi connectivity index (χ0n) is 15.3. The maximum Gasteiger partial charge on any atom is 0.416 e. The van der Waals surface area contributed by atoms with E-state index in [4.69, 9.17) is 0 Å². The van der Waals surface area contributed by atoms with Gasteiger partial charge in [0.25, 0.3) is 0 Å². The van der Waals surface area contributed by atoms with E-state index in [0.717, 1.165) is 34.6 Å². The highest BCUT2D eigenvalue weighted by molar-refractivity contribution is 5.91. The lowest BCUT2D eigenvalue weighted by Crippen LogP contribution is -2.18. The van der Waals surface area contributed by atoms with E-state index in [-0.39, 0.29) is 12.5 Å². The smallest absolute Gasteiger partial charge is 0.381 e. The molecule has 1 heterocycles. The molecule has 0 aliphatic heterocycles. The number of carbonyl (C=O) groups excluding carboxylic acids is 1. The largest absolute Gasteiger partial charge is 0.416 e. The number of amides is 1. The highest BCUT2D eigenvalue weighted by atomic mass is 19.4. The lowest BCUT2D eigenvalue weighted by atomic mass is 10.1. The van der Waals surface area contributed by atoms with Crippen LogP contribution in [0.3, 0.4) is 0 Å². The minimum absolute atomic E-state index is 0.121. The Morgan fingerprint density at radius 2 is 1.71 bits per heavy atom. The van der Waals surface area contributed by atoms with Gasteiger partial charge < -0.3 is 15.2 Å². The molecule has 1 aromatic heterocycles. The molecule has 0 atom stereocenters. The Hall–Kier alpha value is -3.22. The fourth-order valence-corrected chi connectivity index (χ4v) is 2.76. The Balaban J connectivity index is 1.57. The van der Waals surface area contributed by atoms with E-state index in [1.807, 2.05) is 43.6 Å². The molecule has 0 fully saturated rings. The molecule has 0 bridgehead atoms. The van der Waals surface area contributed by atoms with E-state index in [9.17, 15) is 18.0 Å². The topological polar surface area (TPSA) is 46.1 Å². The van der Waals surface area contributed by atoms with Crippen LogP contribution in [0.4, 0.5) is 24.5 Å². The molecule has 1 amide bonds. The van der Waals surface area contributed by atoms with Gasteiger partial charge in [-0.1, -0.05) is 12.1 Å². The van der Waals surface area contributed by atoms with Crippen LogP contribution >= 0.6 is 0 Å². The van der Waals surface area contributed by atoms with Crippen LogP contribution in [0.5, 0.6) is 0 Å².